The Morgan fingerprint density at radius 3 is 2.89 bits per heavy atom. The minimum Gasteiger partial charge on any atom is -0.368 e. The third-order valence-corrected chi connectivity index (χ3v) is 3.03. The predicted molar refractivity (Wildman–Crippen MR) is 76.6 cm³/mol. The molecule has 0 aliphatic rings. The fourth-order valence-electron chi connectivity index (χ4n) is 1.59. The van der Waals surface area contributed by atoms with Crippen LogP contribution >= 0.6 is 15.9 Å². The second-order valence-corrected chi connectivity index (χ2v) is 4.81. The normalized spacial score (nSPS) is 9.89. The van der Waals surface area contributed by atoms with Gasteiger partial charge in [-0.15, -0.1) is 6.42 Å². The van der Waals surface area contributed by atoms with Crippen molar-refractivity contribution in [2.45, 2.75) is 13.3 Å². The molecule has 1 aromatic carbocycles. The minimum atomic E-state index is 0.0115. The standard InChI is InChI=1S/C14H16BrNO2/c1-4-8-18-9-7-14(17)16(3)13-6-5-12(15)10-11(13)2/h1,5-6,10H,7-9H2,2-3H3. The van der Waals surface area contributed by atoms with Crippen LogP contribution in [0.3, 0.4) is 0 Å². The molecule has 0 aliphatic carbocycles. The number of carbonyl (C=O) groups excluding carboxylic acids is 1. The van der Waals surface area contributed by atoms with Gasteiger partial charge >= 0.3 is 0 Å². The van der Waals surface area contributed by atoms with Crippen LogP contribution in [0.5, 0.6) is 0 Å². The topological polar surface area (TPSA) is 29.5 Å². The quantitative estimate of drug-likeness (QED) is 0.618. The Kier molecular flexibility index (Phi) is 5.90. The number of halogens is 1. The Balaban J connectivity index is 2.60. The van der Waals surface area contributed by atoms with E-state index in [2.05, 4.69) is 21.9 Å². The number of hydrogen-bond acceptors (Lipinski definition) is 2. The van der Waals surface area contributed by atoms with Crippen molar-refractivity contribution in [1.29, 1.82) is 0 Å². The number of benzene rings is 1. The molecule has 0 radical (unpaired) electrons. The zero-order chi connectivity index (χ0) is 13.5. The molecule has 0 spiro atoms. The van der Waals surface area contributed by atoms with E-state index in [1.165, 1.54) is 0 Å². The molecule has 0 fully saturated rings. The molecule has 4 heteroatoms. The van der Waals surface area contributed by atoms with Crippen molar-refractivity contribution in [3.63, 3.8) is 0 Å². The number of hydrogen-bond donors (Lipinski definition) is 0. The van der Waals surface area contributed by atoms with Gasteiger partial charge in [0.1, 0.15) is 6.61 Å². The molecule has 0 saturated carbocycles. The monoisotopic (exact) mass is 309 g/mol. The van der Waals surface area contributed by atoms with Gasteiger partial charge in [-0.1, -0.05) is 21.9 Å². The summed E-state index contributed by atoms with van der Waals surface area (Å²) in [5, 5.41) is 0. The van der Waals surface area contributed by atoms with Gasteiger partial charge in [0.25, 0.3) is 0 Å². The molecule has 96 valence electrons. The van der Waals surface area contributed by atoms with E-state index in [-0.39, 0.29) is 12.5 Å². The first kappa shape index (κ1) is 14.7. The van der Waals surface area contributed by atoms with Crippen LogP contribution in [0.2, 0.25) is 0 Å². The van der Waals surface area contributed by atoms with E-state index in [0.29, 0.717) is 13.0 Å². The second-order valence-electron chi connectivity index (χ2n) is 3.89. The Hall–Kier alpha value is -1.31. The average molecular weight is 310 g/mol. The van der Waals surface area contributed by atoms with Gasteiger partial charge < -0.3 is 9.64 Å². The molecule has 1 amide bonds. The van der Waals surface area contributed by atoms with Gasteiger partial charge in [0.05, 0.1) is 13.0 Å². The summed E-state index contributed by atoms with van der Waals surface area (Å²) < 4.78 is 6.10. The zero-order valence-corrected chi connectivity index (χ0v) is 12.2. The average Bonchev–Trinajstić information content (AvgIpc) is 2.33. The summed E-state index contributed by atoms with van der Waals surface area (Å²) in [5.41, 5.74) is 1.95. The van der Waals surface area contributed by atoms with Crippen LogP contribution in [0.25, 0.3) is 0 Å². The SMILES string of the molecule is C#CCOCCC(=O)N(C)c1ccc(Br)cc1C. The second kappa shape index (κ2) is 7.20. The summed E-state index contributed by atoms with van der Waals surface area (Å²) in [5.74, 6) is 2.38. The molecule has 0 unspecified atom stereocenters. The van der Waals surface area contributed by atoms with Gasteiger partial charge in [-0.2, -0.15) is 0 Å². The molecule has 1 aromatic rings. The van der Waals surface area contributed by atoms with Crippen molar-refractivity contribution in [1.82, 2.24) is 0 Å². The summed E-state index contributed by atoms with van der Waals surface area (Å²) in [4.78, 5) is 13.6. The summed E-state index contributed by atoms with van der Waals surface area (Å²) in [6.07, 6.45) is 5.38. The molecule has 18 heavy (non-hydrogen) atoms. The number of amides is 1. The Labute approximate surface area is 116 Å². The first-order valence-corrected chi connectivity index (χ1v) is 6.39. The highest BCUT2D eigenvalue weighted by atomic mass is 79.9. The van der Waals surface area contributed by atoms with Gasteiger partial charge in [0.2, 0.25) is 5.91 Å². The number of aryl methyl sites for hydroxylation is 1. The molecule has 1 rings (SSSR count). The first-order valence-electron chi connectivity index (χ1n) is 5.60. The highest BCUT2D eigenvalue weighted by Crippen LogP contribution is 2.23. The summed E-state index contributed by atoms with van der Waals surface area (Å²) in [6.45, 7) is 2.57. The lowest BCUT2D eigenvalue weighted by Crippen LogP contribution is -2.27. The van der Waals surface area contributed by atoms with Crippen molar-refractivity contribution in [2.24, 2.45) is 0 Å². The number of terminal acetylenes is 1. The fourth-order valence-corrected chi connectivity index (χ4v) is 2.06. The lowest BCUT2D eigenvalue weighted by atomic mass is 10.2. The van der Waals surface area contributed by atoms with Crippen LogP contribution < -0.4 is 4.90 Å². The molecule has 0 atom stereocenters. The lowest BCUT2D eigenvalue weighted by Gasteiger charge is -2.19. The molecule has 0 saturated heterocycles. The largest absolute Gasteiger partial charge is 0.368 e. The van der Waals surface area contributed by atoms with Crippen LogP contribution in [-0.2, 0) is 9.53 Å². The maximum Gasteiger partial charge on any atom is 0.229 e. The van der Waals surface area contributed by atoms with E-state index < -0.39 is 0 Å². The highest BCUT2D eigenvalue weighted by Gasteiger charge is 2.12. The number of anilines is 1. The molecular formula is C14H16BrNO2. The summed E-state index contributed by atoms with van der Waals surface area (Å²) in [6, 6.07) is 5.81. The van der Waals surface area contributed by atoms with Crippen molar-refractivity contribution < 1.29 is 9.53 Å². The van der Waals surface area contributed by atoms with Crippen molar-refractivity contribution in [3.8, 4) is 12.3 Å². The molecular weight excluding hydrogens is 294 g/mol. The van der Waals surface area contributed by atoms with E-state index in [1.807, 2.05) is 25.1 Å². The summed E-state index contributed by atoms with van der Waals surface area (Å²) >= 11 is 3.40. The Morgan fingerprint density at radius 2 is 2.28 bits per heavy atom. The van der Waals surface area contributed by atoms with Gasteiger partial charge in [-0.3, -0.25) is 4.79 Å². The first-order chi connectivity index (χ1) is 8.56. The molecule has 3 nitrogen and oxygen atoms in total. The van der Waals surface area contributed by atoms with Gasteiger partial charge in [-0.25, -0.2) is 0 Å². The maximum atomic E-state index is 11.9. The lowest BCUT2D eigenvalue weighted by molar-refractivity contribution is -0.119. The van der Waals surface area contributed by atoms with Gasteiger partial charge in [0.15, 0.2) is 0 Å². The number of ether oxygens (including phenoxy) is 1. The maximum absolute atomic E-state index is 11.9. The molecule has 0 aromatic heterocycles. The van der Waals surface area contributed by atoms with Gasteiger partial charge in [-0.05, 0) is 30.7 Å². The van der Waals surface area contributed by atoms with Crippen molar-refractivity contribution in [3.05, 3.63) is 28.2 Å². The van der Waals surface area contributed by atoms with E-state index in [0.717, 1.165) is 15.7 Å². The number of nitrogens with zero attached hydrogens (tertiary/aromatic N) is 1. The Bertz CT molecular complexity index is 465. The van der Waals surface area contributed by atoms with E-state index >= 15 is 0 Å². The van der Waals surface area contributed by atoms with Gasteiger partial charge in [0, 0.05) is 17.2 Å². The highest BCUT2D eigenvalue weighted by molar-refractivity contribution is 9.10. The summed E-state index contributed by atoms with van der Waals surface area (Å²) in [7, 11) is 1.76. The third kappa shape index (κ3) is 4.17. The van der Waals surface area contributed by atoms with E-state index in [1.54, 1.807) is 11.9 Å². The molecule has 0 bridgehead atoms. The van der Waals surface area contributed by atoms with Crippen LogP contribution in [0, 0.1) is 19.3 Å². The predicted octanol–water partition coefficient (Wildman–Crippen LogP) is 2.76. The number of rotatable bonds is 5. The minimum absolute atomic E-state index is 0.0115. The molecule has 0 heterocycles. The van der Waals surface area contributed by atoms with Crippen LogP contribution in [-0.4, -0.2) is 26.2 Å². The molecule has 0 N–H and O–H groups in total. The Morgan fingerprint density at radius 1 is 1.56 bits per heavy atom. The fraction of sp³-hybridized carbons (Fsp3) is 0.357. The van der Waals surface area contributed by atoms with Crippen molar-refractivity contribution >= 4 is 27.5 Å². The van der Waals surface area contributed by atoms with Crippen LogP contribution in [0.1, 0.15) is 12.0 Å². The number of carbonyl (C=O) groups is 1. The van der Waals surface area contributed by atoms with Crippen LogP contribution in [0.15, 0.2) is 22.7 Å². The molecule has 0 aliphatic heterocycles. The van der Waals surface area contributed by atoms with E-state index in [4.69, 9.17) is 11.2 Å². The smallest absolute Gasteiger partial charge is 0.229 e. The van der Waals surface area contributed by atoms with E-state index in [9.17, 15) is 4.79 Å². The van der Waals surface area contributed by atoms with Crippen LogP contribution in [0.4, 0.5) is 5.69 Å². The zero-order valence-electron chi connectivity index (χ0n) is 10.6. The third-order valence-electron chi connectivity index (χ3n) is 2.54. The van der Waals surface area contributed by atoms with Crippen molar-refractivity contribution in [2.75, 3.05) is 25.2 Å².